The molecule has 0 bridgehead atoms. The van der Waals surface area contributed by atoms with Gasteiger partial charge < -0.3 is 5.11 Å². The summed E-state index contributed by atoms with van der Waals surface area (Å²) in [4.78, 5) is 11.0. The average molecular weight is 409 g/mol. The van der Waals surface area contributed by atoms with Crippen LogP contribution in [0.25, 0.3) is 0 Å². The van der Waals surface area contributed by atoms with Crippen molar-refractivity contribution >= 4 is 66.6 Å². The molecule has 0 aliphatic heterocycles. The Morgan fingerprint density at radius 3 is 2.74 bits per heavy atom. The van der Waals surface area contributed by atoms with E-state index < -0.39 is 22.0 Å². The number of nitrogens with one attached hydrogen (secondary N) is 1. The zero-order valence-corrected chi connectivity index (χ0v) is 14.5. The molecule has 1 atom stereocenters. The maximum Gasteiger partial charge on any atom is 0.321 e. The molecule has 1 aromatic heterocycles. The number of hydrogen-bond acceptors (Lipinski definition) is 5. The minimum Gasteiger partial charge on any atom is -0.480 e. The van der Waals surface area contributed by atoms with E-state index in [1.807, 2.05) is 6.26 Å². The monoisotopic (exact) mass is 407 g/mol. The molecule has 19 heavy (non-hydrogen) atoms. The van der Waals surface area contributed by atoms with E-state index in [0.717, 1.165) is 11.3 Å². The van der Waals surface area contributed by atoms with Crippen LogP contribution in [0.15, 0.2) is 14.1 Å². The van der Waals surface area contributed by atoms with Gasteiger partial charge in [0.15, 0.2) is 0 Å². The number of carboxylic acid groups (broad SMARTS) is 1. The van der Waals surface area contributed by atoms with Gasteiger partial charge >= 0.3 is 5.97 Å². The molecule has 1 aromatic rings. The Hall–Kier alpha value is 0.200. The average Bonchev–Trinajstić information content (AvgIpc) is 2.65. The lowest BCUT2D eigenvalue weighted by atomic mass is 10.2. The van der Waals surface area contributed by atoms with Crippen molar-refractivity contribution in [1.29, 1.82) is 0 Å². The standard InChI is InChI=1S/C9H11BrClNO4S3/c1-17-3-2-6(9(13)14)12-19(15,16)7-4-5(11)8(10)18-7/h4,6,12H,2-3H2,1H3,(H,13,14)/t6-/m0/s1. The first-order valence-electron chi connectivity index (χ1n) is 4.97. The summed E-state index contributed by atoms with van der Waals surface area (Å²) in [5.74, 6) is -0.645. The van der Waals surface area contributed by atoms with E-state index in [1.54, 1.807) is 0 Å². The fourth-order valence-electron chi connectivity index (χ4n) is 1.17. The van der Waals surface area contributed by atoms with Crippen molar-refractivity contribution < 1.29 is 18.3 Å². The number of halogens is 2. The van der Waals surface area contributed by atoms with Crippen LogP contribution in [0.2, 0.25) is 5.02 Å². The van der Waals surface area contributed by atoms with Crippen LogP contribution in [0, 0.1) is 0 Å². The summed E-state index contributed by atoms with van der Waals surface area (Å²) >= 11 is 11.3. The van der Waals surface area contributed by atoms with Crippen molar-refractivity contribution in [2.45, 2.75) is 16.7 Å². The lowest BCUT2D eigenvalue weighted by Crippen LogP contribution is -2.40. The Labute approximate surface area is 132 Å². The Bertz CT molecular complexity index is 540. The number of aliphatic carboxylic acids is 1. The van der Waals surface area contributed by atoms with Crippen molar-refractivity contribution in [1.82, 2.24) is 4.72 Å². The fourth-order valence-corrected chi connectivity index (χ4v) is 5.28. The molecule has 2 N–H and O–H groups in total. The third-order valence-electron chi connectivity index (χ3n) is 2.09. The van der Waals surface area contributed by atoms with Gasteiger partial charge in [0, 0.05) is 0 Å². The minimum atomic E-state index is -3.87. The van der Waals surface area contributed by atoms with Gasteiger partial charge in [-0.2, -0.15) is 16.5 Å². The Morgan fingerprint density at radius 2 is 2.32 bits per heavy atom. The molecule has 0 amide bonds. The van der Waals surface area contributed by atoms with Gasteiger partial charge in [0.25, 0.3) is 10.0 Å². The van der Waals surface area contributed by atoms with Crippen molar-refractivity contribution in [3.05, 3.63) is 14.9 Å². The van der Waals surface area contributed by atoms with Gasteiger partial charge in [0.2, 0.25) is 0 Å². The summed E-state index contributed by atoms with van der Waals surface area (Å²) in [5, 5.41) is 9.28. The molecule has 0 saturated heterocycles. The van der Waals surface area contributed by atoms with Crippen LogP contribution in [0.4, 0.5) is 0 Å². The maximum absolute atomic E-state index is 12.0. The topological polar surface area (TPSA) is 83.5 Å². The molecule has 1 heterocycles. The van der Waals surface area contributed by atoms with Gasteiger partial charge in [-0.25, -0.2) is 8.42 Å². The summed E-state index contributed by atoms with van der Waals surface area (Å²) in [6.07, 6.45) is 2.04. The number of carboxylic acids is 1. The van der Waals surface area contributed by atoms with E-state index in [0.29, 0.717) is 9.54 Å². The molecule has 0 unspecified atom stereocenters. The largest absolute Gasteiger partial charge is 0.480 e. The molecule has 1 rings (SSSR count). The number of hydrogen-bond donors (Lipinski definition) is 2. The zero-order chi connectivity index (χ0) is 14.6. The van der Waals surface area contributed by atoms with Crippen LogP contribution in [0.3, 0.4) is 0 Å². The van der Waals surface area contributed by atoms with E-state index in [-0.39, 0.29) is 15.7 Å². The van der Waals surface area contributed by atoms with Crippen molar-refractivity contribution in [2.24, 2.45) is 0 Å². The molecule has 0 saturated carbocycles. The SMILES string of the molecule is CSCC[C@H](NS(=O)(=O)c1cc(Cl)c(Br)s1)C(=O)O. The molecule has 0 aliphatic rings. The highest BCUT2D eigenvalue weighted by atomic mass is 79.9. The summed E-state index contributed by atoms with van der Waals surface area (Å²) in [5.41, 5.74) is 0. The molecule has 0 radical (unpaired) electrons. The number of thioether (sulfide) groups is 1. The molecule has 0 aromatic carbocycles. The fraction of sp³-hybridized carbons (Fsp3) is 0.444. The maximum atomic E-state index is 12.0. The van der Waals surface area contributed by atoms with Crippen molar-refractivity contribution in [3.8, 4) is 0 Å². The normalized spacial score (nSPS) is 13.4. The predicted octanol–water partition coefficient (Wildman–Crippen LogP) is 2.65. The molecular formula is C9H11BrClNO4S3. The van der Waals surface area contributed by atoms with Crippen molar-refractivity contribution in [2.75, 3.05) is 12.0 Å². The van der Waals surface area contributed by atoms with Crippen LogP contribution in [-0.4, -0.2) is 37.5 Å². The number of rotatable bonds is 7. The van der Waals surface area contributed by atoms with E-state index in [9.17, 15) is 13.2 Å². The first-order valence-corrected chi connectivity index (χ1v) is 9.83. The second kappa shape index (κ2) is 7.28. The van der Waals surface area contributed by atoms with Gasteiger partial charge in [-0.1, -0.05) is 11.6 Å². The minimum absolute atomic E-state index is 0.0141. The number of thiophene rings is 1. The summed E-state index contributed by atoms with van der Waals surface area (Å²) in [7, 11) is -3.87. The van der Waals surface area contributed by atoms with Gasteiger partial charge in [-0.05, 0) is 40.4 Å². The van der Waals surface area contributed by atoms with Gasteiger partial charge in [-0.3, -0.25) is 4.79 Å². The molecule has 0 spiro atoms. The third kappa shape index (κ3) is 4.91. The van der Waals surface area contributed by atoms with Crippen molar-refractivity contribution in [3.63, 3.8) is 0 Å². The van der Waals surface area contributed by atoms with E-state index in [1.165, 1.54) is 17.8 Å². The highest BCUT2D eigenvalue weighted by Gasteiger charge is 2.26. The Balaban J connectivity index is 2.90. The highest BCUT2D eigenvalue weighted by Crippen LogP contribution is 2.34. The second-order valence-electron chi connectivity index (χ2n) is 3.48. The molecule has 108 valence electrons. The Morgan fingerprint density at radius 1 is 1.68 bits per heavy atom. The van der Waals surface area contributed by atoms with Crippen LogP contribution >= 0.6 is 50.6 Å². The van der Waals surface area contributed by atoms with E-state index >= 15 is 0 Å². The van der Waals surface area contributed by atoms with Crippen LogP contribution in [-0.2, 0) is 14.8 Å². The first-order chi connectivity index (χ1) is 8.77. The molecule has 10 heteroatoms. The third-order valence-corrected chi connectivity index (χ3v) is 7.16. The Kier molecular flexibility index (Phi) is 6.61. The number of sulfonamides is 1. The lowest BCUT2D eigenvalue weighted by Gasteiger charge is -2.13. The lowest BCUT2D eigenvalue weighted by molar-refractivity contribution is -0.139. The predicted molar refractivity (Wildman–Crippen MR) is 81.8 cm³/mol. The molecule has 0 aliphatic carbocycles. The molecular weight excluding hydrogens is 398 g/mol. The van der Waals surface area contributed by atoms with Gasteiger partial charge in [-0.15, -0.1) is 11.3 Å². The summed E-state index contributed by atoms with van der Waals surface area (Å²) in [6, 6.07) is 0.142. The van der Waals surface area contributed by atoms with Crippen LogP contribution in [0.1, 0.15) is 6.42 Å². The smallest absolute Gasteiger partial charge is 0.321 e. The van der Waals surface area contributed by atoms with Crippen LogP contribution < -0.4 is 4.72 Å². The molecule has 5 nitrogen and oxygen atoms in total. The quantitative estimate of drug-likeness (QED) is 0.724. The second-order valence-corrected chi connectivity index (χ2v) is 9.18. The van der Waals surface area contributed by atoms with Gasteiger partial charge in [0.1, 0.15) is 10.3 Å². The first kappa shape index (κ1) is 17.3. The van der Waals surface area contributed by atoms with Gasteiger partial charge in [0.05, 0.1) is 8.81 Å². The molecule has 0 fully saturated rings. The van der Waals surface area contributed by atoms with E-state index in [4.69, 9.17) is 16.7 Å². The number of carbonyl (C=O) groups is 1. The zero-order valence-electron chi connectivity index (χ0n) is 9.72. The van der Waals surface area contributed by atoms with E-state index in [2.05, 4.69) is 20.7 Å². The highest BCUT2D eigenvalue weighted by molar-refractivity contribution is 9.11. The summed E-state index contributed by atoms with van der Waals surface area (Å²) < 4.78 is 26.7. The van der Waals surface area contributed by atoms with Crippen LogP contribution in [0.5, 0.6) is 0 Å². The summed E-state index contributed by atoms with van der Waals surface area (Å²) in [6.45, 7) is 0.